The lowest BCUT2D eigenvalue weighted by Gasteiger charge is -2.10. The van der Waals surface area contributed by atoms with E-state index in [1.807, 2.05) is 12.1 Å². The first-order valence-electron chi connectivity index (χ1n) is 7.35. The molecule has 0 aliphatic carbocycles. The van der Waals surface area contributed by atoms with E-state index in [-0.39, 0.29) is 0 Å². The number of fused-ring (bicyclic) bond motifs is 1. The average Bonchev–Trinajstić information content (AvgIpc) is 2.44. The molecule has 0 spiro atoms. The maximum Gasteiger partial charge on any atom is 0.120 e. The van der Waals surface area contributed by atoms with Crippen LogP contribution in [-0.2, 0) is 6.42 Å². The Morgan fingerprint density at radius 3 is 2.75 bits per heavy atom. The van der Waals surface area contributed by atoms with E-state index in [2.05, 4.69) is 18.8 Å². The van der Waals surface area contributed by atoms with Gasteiger partial charge < -0.3 is 10.5 Å². The Bertz CT molecular complexity index is 620. The Hall–Kier alpha value is -1.90. The van der Waals surface area contributed by atoms with Crippen LogP contribution in [0.15, 0.2) is 24.4 Å². The second kappa shape index (κ2) is 6.51. The third-order valence-electron chi connectivity index (χ3n) is 3.57. The fourth-order valence-corrected chi connectivity index (χ4v) is 2.44. The van der Waals surface area contributed by atoms with Crippen LogP contribution in [0.1, 0.15) is 50.7 Å². The molecule has 0 unspecified atom stereocenters. The number of rotatable bonds is 6. The van der Waals surface area contributed by atoms with Crippen LogP contribution in [0.2, 0.25) is 0 Å². The SMILES string of the molecule is CCCCc1cc2c(C(=N)CCC)ccnc2cc1O. The molecule has 106 valence electrons. The number of hydrogen-bond acceptors (Lipinski definition) is 3. The van der Waals surface area contributed by atoms with Gasteiger partial charge in [0, 0.05) is 28.9 Å². The van der Waals surface area contributed by atoms with E-state index >= 15 is 0 Å². The van der Waals surface area contributed by atoms with E-state index in [0.29, 0.717) is 11.5 Å². The van der Waals surface area contributed by atoms with Crippen molar-refractivity contribution in [2.24, 2.45) is 0 Å². The number of phenolic OH excluding ortho intramolecular Hbond substituents is 1. The van der Waals surface area contributed by atoms with Gasteiger partial charge in [-0.3, -0.25) is 4.98 Å². The Labute approximate surface area is 120 Å². The van der Waals surface area contributed by atoms with Gasteiger partial charge in [-0.05, 0) is 37.0 Å². The van der Waals surface area contributed by atoms with E-state index in [0.717, 1.165) is 54.1 Å². The molecule has 0 saturated carbocycles. The summed E-state index contributed by atoms with van der Waals surface area (Å²) < 4.78 is 0. The zero-order valence-corrected chi connectivity index (χ0v) is 12.2. The largest absolute Gasteiger partial charge is 0.508 e. The van der Waals surface area contributed by atoms with Crippen LogP contribution in [0.25, 0.3) is 10.9 Å². The number of aromatic nitrogens is 1. The van der Waals surface area contributed by atoms with E-state index < -0.39 is 0 Å². The summed E-state index contributed by atoms with van der Waals surface area (Å²) in [6.45, 7) is 4.22. The highest BCUT2D eigenvalue weighted by molar-refractivity contribution is 6.08. The number of benzene rings is 1. The standard InChI is InChI=1S/C17H22N2O/c1-3-5-7-12-10-14-13(15(18)6-4-2)8-9-19-16(14)11-17(12)20/h8-11,18,20H,3-7H2,1-2H3. The van der Waals surface area contributed by atoms with Crippen LogP contribution in [0.3, 0.4) is 0 Å². The molecule has 20 heavy (non-hydrogen) atoms. The molecule has 3 nitrogen and oxygen atoms in total. The van der Waals surface area contributed by atoms with Crippen LogP contribution in [0.4, 0.5) is 0 Å². The van der Waals surface area contributed by atoms with Gasteiger partial charge in [-0.15, -0.1) is 0 Å². The minimum Gasteiger partial charge on any atom is -0.508 e. The first-order chi connectivity index (χ1) is 9.67. The van der Waals surface area contributed by atoms with Gasteiger partial charge in [0.05, 0.1) is 5.52 Å². The summed E-state index contributed by atoms with van der Waals surface area (Å²) >= 11 is 0. The van der Waals surface area contributed by atoms with Crippen molar-refractivity contribution in [3.05, 3.63) is 35.5 Å². The monoisotopic (exact) mass is 270 g/mol. The zero-order valence-electron chi connectivity index (χ0n) is 12.2. The molecule has 0 atom stereocenters. The Kier molecular flexibility index (Phi) is 4.72. The van der Waals surface area contributed by atoms with E-state index in [4.69, 9.17) is 5.41 Å². The zero-order chi connectivity index (χ0) is 14.5. The molecule has 2 aromatic rings. The number of nitrogens with one attached hydrogen (secondary N) is 1. The molecule has 1 aromatic heterocycles. The summed E-state index contributed by atoms with van der Waals surface area (Å²) in [7, 11) is 0. The lowest BCUT2D eigenvalue weighted by molar-refractivity contribution is 0.468. The lowest BCUT2D eigenvalue weighted by Crippen LogP contribution is -2.01. The maximum absolute atomic E-state index is 10.1. The summed E-state index contributed by atoms with van der Waals surface area (Å²) in [4.78, 5) is 4.31. The van der Waals surface area contributed by atoms with Gasteiger partial charge in [0.25, 0.3) is 0 Å². The molecule has 0 bridgehead atoms. The van der Waals surface area contributed by atoms with Gasteiger partial charge >= 0.3 is 0 Å². The van der Waals surface area contributed by atoms with E-state index in [9.17, 15) is 5.11 Å². The molecule has 2 N–H and O–H groups in total. The second-order valence-corrected chi connectivity index (χ2v) is 5.19. The minimum atomic E-state index is 0.317. The van der Waals surface area contributed by atoms with Crippen LogP contribution >= 0.6 is 0 Å². The smallest absolute Gasteiger partial charge is 0.120 e. The summed E-state index contributed by atoms with van der Waals surface area (Å²) in [5.74, 6) is 0.317. The van der Waals surface area contributed by atoms with Crippen LogP contribution in [0.5, 0.6) is 5.75 Å². The predicted octanol–water partition coefficient (Wildman–Crippen LogP) is 4.45. The van der Waals surface area contributed by atoms with Crippen molar-refractivity contribution in [3.8, 4) is 5.75 Å². The minimum absolute atomic E-state index is 0.317. The van der Waals surface area contributed by atoms with Gasteiger partial charge in [0.2, 0.25) is 0 Å². The summed E-state index contributed by atoms with van der Waals surface area (Å²) in [5, 5.41) is 19.2. The molecule has 1 aromatic carbocycles. The fourth-order valence-electron chi connectivity index (χ4n) is 2.44. The highest BCUT2D eigenvalue weighted by atomic mass is 16.3. The van der Waals surface area contributed by atoms with Crippen molar-refractivity contribution in [1.29, 1.82) is 5.41 Å². The number of hydrogen-bond donors (Lipinski definition) is 2. The third-order valence-corrected chi connectivity index (χ3v) is 3.57. The van der Waals surface area contributed by atoms with E-state index in [1.54, 1.807) is 12.3 Å². The van der Waals surface area contributed by atoms with Crippen molar-refractivity contribution in [2.45, 2.75) is 46.0 Å². The molecule has 2 rings (SSSR count). The Morgan fingerprint density at radius 2 is 2.05 bits per heavy atom. The van der Waals surface area contributed by atoms with Crippen molar-refractivity contribution >= 4 is 16.6 Å². The quantitative estimate of drug-likeness (QED) is 0.762. The predicted molar refractivity (Wildman–Crippen MR) is 83.8 cm³/mol. The van der Waals surface area contributed by atoms with Crippen LogP contribution < -0.4 is 0 Å². The van der Waals surface area contributed by atoms with Crippen LogP contribution in [0, 0.1) is 5.41 Å². The number of aryl methyl sites for hydroxylation is 1. The van der Waals surface area contributed by atoms with Gasteiger partial charge in [-0.25, -0.2) is 0 Å². The highest BCUT2D eigenvalue weighted by Crippen LogP contribution is 2.28. The topological polar surface area (TPSA) is 57.0 Å². The number of unbranched alkanes of at least 4 members (excludes halogenated alkanes) is 1. The normalized spacial score (nSPS) is 10.9. The Morgan fingerprint density at radius 1 is 1.25 bits per heavy atom. The molecular formula is C17H22N2O. The molecule has 0 saturated heterocycles. The van der Waals surface area contributed by atoms with Crippen LogP contribution in [-0.4, -0.2) is 15.8 Å². The fraction of sp³-hybridized carbons (Fsp3) is 0.412. The van der Waals surface area contributed by atoms with Crippen molar-refractivity contribution in [3.63, 3.8) is 0 Å². The lowest BCUT2D eigenvalue weighted by atomic mass is 9.98. The first kappa shape index (κ1) is 14.5. The third kappa shape index (κ3) is 2.98. The maximum atomic E-state index is 10.1. The molecule has 3 heteroatoms. The molecule has 0 aliphatic heterocycles. The van der Waals surface area contributed by atoms with Crippen molar-refractivity contribution < 1.29 is 5.11 Å². The Balaban J connectivity index is 2.51. The van der Waals surface area contributed by atoms with Gasteiger partial charge in [0.1, 0.15) is 5.75 Å². The summed E-state index contributed by atoms with van der Waals surface area (Å²) in [6.07, 6.45) is 6.47. The molecule has 1 heterocycles. The van der Waals surface area contributed by atoms with Crippen molar-refractivity contribution in [1.82, 2.24) is 4.98 Å². The van der Waals surface area contributed by atoms with Gasteiger partial charge in [-0.2, -0.15) is 0 Å². The molecule has 0 aliphatic rings. The molecule has 0 radical (unpaired) electrons. The van der Waals surface area contributed by atoms with Gasteiger partial charge in [0.15, 0.2) is 0 Å². The molecule has 0 amide bonds. The highest BCUT2D eigenvalue weighted by Gasteiger charge is 2.10. The molecular weight excluding hydrogens is 248 g/mol. The first-order valence-corrected chi connectivity index (χ1v) is 7.35. The van der Waals surface area contributed by atoms with Gasteiger partial charge in [-0.1, -0.05) is 26.7 Å². The number of phenols is 1. The number of pyridine rings is 1. The number of nitrogens with zero attached hydrogens (tertiary/aromatic N) is 1. The van der Waals surface area contributed by atoms with Crippen molar-refractivity contribution in [2.75, 3.05) is 0 Å². The number of aromatic hydroxyl groups is 1. The second-order valence-electron chi connectivity index (χ2n) is 5.19. The van der Waals surface area contributed by atoms with E-state index in [1.165, 1.54) is 0 Å². The summed E-state index contributed by atoms with van der Waals surface area (Å²) in [5.41, 5.74) is 3.31. The summed E-state index contributed by atoms with van der Waals surface area (Å²) in [6, 6.07) is 5.64. The average molecular weight is 270 g/mol. The molecule has 0 fully saturated rings.